The van der Waals surface area contributed by atoms with Crippen LogP contribution in [0.2, 0.25) is 0 Å². The molecule has 0 aromatic heterocycles. The van der Waals surface area contributed by atoms with Gasteiger partial charge in [0.25, 0.3) is 0 Å². The van der Waals surface area contributed by atoms with Crippen molar-refractivity contribution < 1.29 is 58.3 Å². The molecule has 0 radical (unpaired) electrons. The Bertz CT molecular complexity index is 1420. The number of carbonyl (C=O) groups excluding carboxylic acids is 4. The molecule has 0 amide bonds. The zero-order valence-corrected chi connectivity index (χ0v) is 24.5. The molecule has 0 aliphatic carbocycles. The summed E-state index contributed by atoms with van der Waals surface area (Å²) in [6.07, 6.45) is -0.113. The molecule has 0 N–H and O–H groups in total. The van der Waals surface area contributed by atoms with Crippen LogP contribution in [0.3, 0.4) is 0 Å². The highest BCUT2D eigenvalue weighted by molar-refractivity contribution is 5.90. The van der Waals surface area contributed by atoms with Crippen LogP contribution in [-0.2, 0) is 39.1 Å². The van der Waals surface area contributed by atoms with Crippen molar-refractivity contribution in [2.45, 2.75) is 25.7 Å². The van der Waals surface area contributed by atoms with Crippen LogP contribution in [0, 0.1) is 0 Å². The summed E-state index contributed by atoms with van der Waals surface area (Å²) in [5.74, 6) is -1.70. The first-order valence-corrected chi connectivity index (χ1v) is 14.2. The van der Waals surface area contributed by atoms with Gasteiger partial charge >= 0.3 is 24.2 Å². The molecule has 0 heterocycles. The van der Waals surface area contributed by atoms with Gasteiger partial charge in [0.05, 0.1) is 34.4 Å². The number of ether oxygens (including phenoxy) is 2. The van der Waals surface area contributed by atoms with Gasteiger partial charge in [0, 0.05) is 0 Å². The molecule has 12 heteroatoms. The lowest BCUT2D eigenvalue weighted by Crippen LogP contribution is -2.13. The molecule has 0 saturated heterocycles. The van der Waals surface area contributed by atoms with Crippen LogP contribution >= 0.6 is 0 Å². The number of benzene rings is 4. The molecule has 46 heavy (non-hydrogen) atoms. The fraction of sp³-hybridized carbons (Fsp3) is 0.176. The maximum absolute atomic E-state index is 12.0. The molecule has 4 aromatic rings. The molecule has 0 atom stereocenters. The van der Waals surface area contributed by atoms with Gasteiger partial charge in [-0.3, -0.25) is 9.78 Å². The summed E-state index contributed by atoms with van der Waals surface area (Å²) in [6.45, 7) is 0.0440. The molecule has 0 fully saturated rings. The third-order valence-corrected chi connectivity index (χ3v) is 6.36. The van der Waals surface area contributed by atoms with Crippen molar-refractivity contribution >= 4 is 24.2 Å². The van der Waals surface area contributed by atoms with Crippen molar-refractivity contribution in [3.63, 3.8) is 0 Å². The Kier molecular flexibility index (Phi) is 13.1. The first kappa shape index (κ1) is 33.2. The molecule has 0 aliphatic heterocycles. The van der Waals surface area contributed by atoms with E-state index in [9.17, 15) is 19.2 Å². The number of carbonyl (C=O) groups is 4. The Morgan fingerprint density at radius 2 is 0.739 bits per heavy atom. The largest absolute Gasteiger partial charge is 0.543 e. The minimum Gasteiger partial charge on any atom is -0.432 e. The normalized spacial score (nSPS) is 10.3. The Morgan fingerprint density at radius 1 is 0.391 bits per heavy atom. The van der Waals surface area contributed by atoms with Gasteiger partial charge in [-0.1, -0.05) is 84.9 Å². The van der Waals surface area contributed by atoms with Gasteiger partial charge in [-0.15, -0.1) is 0 Å². The summed E-state index contributed by atoms with van der Waals surface area (Å²) in [6, 6.07) is 32.4. The molecule has 238 valence electrons. The van der Waals surface area contributed by atoms with Gasteiger partial charge in [-0.2, -0.15) is 0 Å². The molecule has 4 rings (SSSR count). The van der Waals surface area contributed by atoms with Gasteiger partial charge in [-0.05, 0) is 72.2 Å². The predicted molar refractivity (Wildman–Crippen MR) is 160 cm³/mol. The SMILES string of the molecule is O=C(OCCCCCCOC(=O)OOOC(=O)c1ccc(-c2ccccc2)cc1)OOOC(=O)c1ccc(-c2ccccc2)cc1. The minimum absolute atomic E-state index is 0.0220. The lowest BCUT2D eigenvalue weighted by molar-refractivity contribution is -0.452. The topological polar surface area (TPSA) is 142 Å². The Morgan fingerprint density at radius 3 is 1.11 bits per heavy atom. The molecular formula is C34H30O12. The fourth-order valence-corrected chi connectivity index (χ4v) is 4.02. The molecule has 0 bridgehead atoms. The maximum Gasteiger partial charge on any atom is 0.543 e. The third kappa shape index (κ3) is 11.1. The number of hydrogen-bond acceptors (Lipinski definition) is 12. The highest BCUT2D eigenvalue weighted by atomic mass is 17.5. The van der Waals surface area contributed by atoms with Crippen molar-refractivity contribution in [2.75, 3.05) is 13.2 Å². The summed E-state index contributed by atoms with van der Waals surface area (Å²) in [4.78, 5) is 64.7. The lowest BCUT2D eigenvalue weighted by atomic mass is 10.0. The smallest absolute Gasteiger partial charge is 0.432 e. The van der Waals surface area contributed by atoms with Crippen molar-refractivity contribution in [3.05, 3.63) is 120 Å². The van der Waals surface area contributed by atoms with Crippen LogP contribution in [0.4, 0.5) is 9.59 Å². The first-order chi connectivity index (χ1) is 22.5. The number of unbranched alkanes of at least 4 members (excludes halogenated alkanes) is 3. The van der Waals surface area contributed by atoms with Crippen LogP contribution in [-0.4, -0.2) is 37.5 Å². The van der Waals surface area contributed by atoms with E-state index in [1.54, 1.807) is 48.5 Å². The highest BCUT2D eigenvalue weighted by Crippen LogP contribution is 2.21. The predicted octanol–water partition coefficient (Wildman–Crippen LogP) is 7.59. The van der Waals surface area contributed by atoms with E-state index >= 15 is 0 Å². The Hall–Kier alpha value is -5.72. The van der Waals surface area contributed by atoms with E-state index in [1.807, 2.05) is 60.7 Å². The van der Waals surface area contributed by atoms with Gasteiger partial charge in [0.15, 0.2) is 0 Å². The second-order valence-electron chi connectivity index (χ2n) is 9.54. The molecule has 0 spiro atoms. The van der Waals surface area contributed by atoms with Gasteiger partial charge in [-0.25, -0.2) is 29.0 Å². The second kappa shape index (κ2) is 18.2. The van der Waals surface area contributed by atoms with Crippen LogP contribution < -0.4 is 0 Å². The second-order valence-corrected chi connectivity index (χ2v) is 9.54. The fourth-order valence-electron chi connectivity index (χ4n) is 4.02. The average Bonchev–Trinajstić information content (AvgIpc) is 3.10. The first-order valence-electron chi connectivity index (χ1n) is 14.2. The van der Waals surface area contributed by atoms with Crippen LogP contribution in [0.5, 0.6) is 0 Å². The van der Waals surface area contributed by atoms with Crippen LogP contribution in [0.15, 0.2) is 109 Å². The van der Waals surface area contributed by atoms with E-state index in [1.165, 1.54) is 0 Å². The molecule has 0 saturated carbocycles. The van der Waals surface area contributed by atoms with E-state index < -0.39 is 24.2 Å². The standard InChI is InChI=1S/C34H30O12/c35-31(29-19-15-27(16-20-29)25-11-5-3-6-12-25)41-45-43-33(37)39-23-9-1-2-10-24-40-34(38)44-46-42-32(36)30-21-17-28(18-22-30)26-13-7-4-8-14-26/h3-8,11-22H,1-2,9-10,23-24H2. The summed E-state index contributed by atoms with van der Waals surface area (Å²) in [5.41, 5.74) is 4.22. The van der Waals surface area contributed by atoms with Crippen LogP contribution in [0.25, 0.3) is 22.3 Å². The average molecular weight is 631 g/mol. The van der Waals surface area contributed by atoms with E-state index in [2.05, 4.69) is 29.6 Å². The highest BCUT2D eigenvalue weighted by Gasteiger charge is 2.14. The molecule has 12 nitrogen and oxygen atoms in total. The van der Waals surface area contributed by atoms with E-state index in [0.29, 0.717) is 25.7 Å². The van der Waals surface area contributed by atoms with E-state index in [0.717, 1.165) is 22.3 Å². The summed E-state index contributed by atoms with van der Waals surface area (Å²) in [7, 11) is 0. The molecule has 0 unspecified atom stereocenters. The van der Waals surface area contributed by atoms with Crippen molar-refractivity contribution in [3.8, 4) is 22.3 Å². The Balaban J connectivity index is 0.966. The Labute approximate surface area is 264 Å². The zero-order valence-electron chi connectivity index (χ0n) is 24.5. The molecule has 0 aliphatic rings. The van der Waals surface area contributed by atoms with E-state index in [-0.39, 0.29) is 24.3 Å². The van der Waals surface area contributed by atoms with Crippen molar-refractivity contribution in [1.29, 1.82) is 0 Å². The van der Waals surface area contributed by atoms with Gasteiger partial charge < -0.3 is 9.47 Å². The minimum atomic E-state index is -1.18. The summed E-state index contributed by atoms with van der Waals surface area (Å²) in [5, 5.41) is 8.44. The zero-order chi connectivity index (χ0) is 32.4. The maximum atomic E-state index is 12.0. The van der Waals surface area contributed by atoms with Gasteiger partial charge in [0.2, 0.25) is 0 Å². The van der Waals surface area contributed by atoms with Crippen molar-refractivity contribution in [2.24, 2.45) is 0 Å². The summed E-state index contributed by atoms with van der Waals surface area (Å²) < 4.78 is 9.64. The van der Waals surface area contributed by atoms with E-state index in [4.69, 9.17) is 9.47 Å². The summed E-state index contributed by atoms with van der Waals surface area (Å²) >= 11 is 0. The number of rotatable bonds is 15. The van der Waals surface area contributed by atoms with Gasteiger partial charge in [0.1, 0.15) is 0 Å². The number of hydrogen-bond donors (Lipinski definition) is 0. The van der Waals surface area contributed by atoms with Crippen molar-refractivity contribution in [1.82, 2.24) is 0 Å². The quantitative estimate of drug-likeness (QED) is 0.0552. The van der Waals surface area contributed by atoms with Crippen LogP contribution in [0.1, 0.15) is 46.4 Å². The lowest BCUT2D eigenvalue weighted by Gasteiger charge is -2.06. The molecular weight excluding hydrogens is 600 g/mol. The monoisotopic (exact) mass is 630 g/mol. The third-order valence-electron chi connectivity index (χ3n) is 6.36. The molecule has 4 aromatic carbocycles.